The second kappa shape index (κ2) is 8.59. The minimum absolute atomic E-state index is 0.0178. The first kappa shape index (κ1) is 20.1. The van der Waals surface area contributed by atoms with Crippen LogP contribution in [0.1, 0.15) is 50.5 Å². The van der Waals surface area contributed by atoms with Crippen molar-refractivity contribution in [2.45, 2.75) is 46.0 Å². The average Bonchev–Trinajstić information content (AvgIpc) is 2.73. The number of ketones is 1. The summed E-state index contributed by atoms with van der Waals surface area (Å²) >= 11 is 0. The third kappa shape index (κ3) is 4.26. The van der Waals surface area contributed by atoms with Gasteiger partial charge in [-0.15, -0.1) is 0 Å². The van der Waals surface area contributed by atoms with Gasteiger partial charge in [-0.25, -0.2) is 14.4 Å². The Morgan fingerprint density at radius 2 is 2.00 bits per heavy atom. The van der Waals surface area contributed by atoms with Crippen LogP contribution in [-0.4, -0.2) is 39.6 Å². The van der Waals surface area contributed by atoms with Gasteiger partial charge in [0.15, 0.2) is 0 Å². The SMILES string of the molecule is CCC(C)C(=O)C(=O)N1CCCC(c2nc(C)ncc2-c2ccc(F)cc2)C1. The maximum Gasteiger partial charge on any atom is 0.290 e. The fourth-order valence-corrected chi connectivity index (χ4v) is 3.59. The third-order valence-electron chi connectivity index (χ3n) is 5.46. The fraction of sp³-hybridized carbons (Fsp3) is 0.455. The normalized spacial score (nSPS) is 18.0. The average molecular weight is 383 g/mol. The molecular weight excluding hydrogens is 357 g/mol. The van der Waals surface area contributed by atoms with Gasteiger partial charge in [0, 0.05) is 36.7 Å². The predicted octanol–water partition coefficient (Wildman–Crippen LogP) is 3.91. The molecule has 2 aromatic rings. The molecule has 1 aliphatic heterocycles. The summed E-state index contributed by atoms with van der Waals surface area (Å²) < 4.78 is 13.3. The molecule has 3 rings (SSSR count). The van der Waals surface area contributed by atoms with E-state index >= 15 is 0 Å². The van der Waals surface area contributed by atoms with E-state index in [-0.39, 0.29) is 23.4 Å². The van der Waals surface area contributed by atoms with Gasteiger partial charge in [0.05, 0.1) is 5.69 Å². The Balaban J connectivity index is 1.88. The highest BCUT2D eigenvalue weighted by atomic mass is 19.1. The number of likely N-dealkylation sites (tertiary alicyclic amines) is 1. The standard InChI is InChI=1S/C22H26FN3O2/c1-4-14(2)21(27)22(28)26-11-5-6-17(13-26)20-19(12-24-15(3)25-20)16-7-9-18(23)10-8-16/h7-10,12,14,17H,4-6,11,13H2,1-3H3. The molecule has 1 amide bonds. The van der Waals surface area contributed by atoms with Crippen LogP contribution in [0.15, 0.2) is 30.5 Å². The van der Waals surface area contributed by atoms with E-state index in [4.69, 9.17) is 0 Å². The van der Waals surface area contributed by atoms with E-state index in [0.29, 0.717) is 25.3 Å². The zero-order valence-corrected chi connectivity index (χ0v) is 16.6. The number of rotatable bonds is 5. The van der Waals surface area contributed by atoms with Gasteiger partial charge >= 0.3 is 0 Å². The number of carbonyl (C=O) groups excluding carboxylic acids is 2. The molecule has 2 unspecified atom stereocenters. The lowest BCUT2D eigenvalue weighted by Gasteiger charge is -2.33. The van der Waals surface area contributed by atoms with E-state index < -0.39 is 5.91 Å². The van der Waals surface area contributed by atoms with Gasteiger partial charge in [0.1, 0.15) is 11.6 Å². The molecule has 1 aromatic carbocycles. The molecule has 0 spiro atoms. The minimum Gasteiger partial charge on any atom is -0.335 e. The van der Waals surface area contributed by atoms with Gasteiger partial charge in [-0.3, -0.25) is 9.59 Å². The summed E-state index contributed by atoms with van der Waals surface area (Å²) in [5.74, 6) is -0.599. The molecule has 0 bridgehead atoms. The maximum atomic E-state index is 13.3. The number of benzene rings is 1. The van der Waals surface area contributed by atoms with Gasteiger partial charge < -0.3 is 4.90 Å². The highest BCUT2D eigenvalue weighted by Gasteiger charge is 2.32. The zero-order valence-electron chi connectivity index (χ0n) is 16.6. The maximum absolute atomic E-state index is 13.3. The molecule has 0 saturated carbocycles. The number of nitrogens with zero attached hydrogens (tertiary/aromatic N) is 3. The van der Waals surface area contributed by atoms with Gasteiger partial charge in [-0.05, 0) is 43.9 Å². The highest BCUT2D eigenvalue weighted by molar-refractivity contribution is 6.36. The monoisotopic (exact) mass is 383 g/mol. The lowest BCUT2D eigenvalue weighted by molar-refractivity contribution is -0.147. The Morgan fingerprint density at radius 1 is 1.29 bits per heavy atom. The van der Waals surface area contributed by atoms with Crippen molar-refractivity contribution < 1.29 is 14.0 Å². The number of aromatic nitrogens is 2. The predicted molar refractivity (Wildman–Crippen MR) is 105 cm³/mol. The fourth-order valence-electron chi connectivity index (χ4n) is 3.59. The van der Waals surface area contributed by atoms with E-state index in [1.54, 1.807) is 30.2 Å². The van der Waals surface area contributed by atoms with E-state index in [2.05, 4.69) is 9.97 Å². The summed E-state index contributed by atoms with van der Waals surface area (Å²) in [6.07, 6.45) is 4.11. The highest BCUT2D eigenvalue weighted by Crippen LogP contribution is 2.33. The Bertz CT molecular complexity index is 867. The molecule has 5 nitrogen and oxygen atoms in total. The van der Waals surface area contributed by atoms with Crippen molar-refractivity contribution in [2.75, 3.05) is 13.1 Å². The topological polar surface area (TPSA) is 63.2 Å². The first-order valence-electron chi connectivity index (χ1n) is 9.83. The number of amides is 1. The summed E-state index contributed by atoms with van der Waals surface area (Å²) in [6.45, 7) is 6.59. The molecule has 1 saturated heterocycles. The second-order valence-electron chi connectivity index (χ2n) is 7.49. The number of hydrogen-bond acceptors (Lipinski definition) is 4. The summed E-state index contributed by atoms with van der Waals surface area (Å²) in [5, 5.41) is 0. The molecule has 148 valence electrons. The van der Waals surface area contributed by atoms with Crippen LogP contribution in [0.4, 0.5) is 4.39 Å². The summed E-state index contributed by atoms with van der Waals surface area (Å²) in [7, 11) is 0. The molecule has 28 heavy (non-hydrogen) atoms. The van der Waals surface area contributed by atoms with Crippen molar-refractivity contribution in [3.63, 3.8) is 0 Å². The van der Waals surface area contributed by atoms with Crippen molar-refractivity contribution in [1.29, 1.82) is 0 Å². The van der Waals surface area contributed by atoms with Crippen molar-refractivity contribution in [3.8, 4) is 11.1 Å². The molecule has 1 fully saturated rings. The zero-order chi connectivity index (χ0) is 20.3. The Kier molecular flexibility index (Phi) is 6.17. The van der Waals surface area contributed by atoms with Crippen LogP contribution in [-0.2, 0) is 9.59 Å². The largest absolute Gasteiger partial charge is 0.335 e. The van der Waals surface area contributed by atoms with Gasteiger partial charge in [-0.2, -0.15) is 0 Å². The number of halogens is 1. The van der Waals surface area contributed by atoms with Gasteiger partial charge in [-0.1, -0.05) is 26.0 Å². The number of Topliss-reactive ketones (excluding diaryl/α,β-unsaturated/α-hetero) is 1. The molecular formula is C22H26FN3O2. The summed E-state index contributed by atoms with van der Waals surface area (Å²) in [5.41, 5.74) is 2.54. The molecule has 0 aliphatic carbocycles. The van der Waals surface area contributed by atoms with Crippen LogP contribution in [0.25, 0.3) is 11.1 Å². The number of hydrogen-bond donors (Lipinski definition) is 0. The van der Waals surface area contributed by atoms with E-state index in [9.17, 15) is 14.0 Å². The van der Waals surface area contributed by atoms with Crippen molar-refractivity contribution in [3.05, 3.63) is 47.8 Å². The summed E-state index contributed by atoms with van der Waals surface area (Å²) in [6, 6.07) is 6.26. The van der Waals surface area contributed by atoms with E-state index in [0.717, 1.165) is 29.7 Å². The minimum atomic E-state index is -0.395. The molecule has 0 N–H and O–H groups in total. The smallest absolute Gasteiger partial charge is 0.290 e. The van der Waals surface area contributed by atoms with E-state index in [1.165, 1.54) is 12.1 Å². The van der Waals surface area contributed by atoms with Crippen molar-refractivity contribution in [1.82, 2.24) is 14.9 Å². The molecule has 2 atom stereocenters. The van der Waals surface area contributed by atoms with E-state index in [1.807, 2.05) is 13.8 Å². The first-order chi connectivity index (χ1) is 13.4. The van der Waals surface area contributed by atoms with Crippen LogP contribution < -0.4 is 0 Å². The number of carbonyl (C=O) groups is 2. The molecule has 2 heterocycles. The van der Waals surface area contributed by atoms with Crippen LogP contribution in [0.3, 0.4) is 0 Å². The Labute approximate surface area is 165 Å². The molecule has 1 aromatic heterocycles. The van der Waals surface area contributed by atoms with Crippen LogP contribution in [0, 0.1) is 18.7 Å². The van der Waals surface area contributed by atoms with Gasteiger partial charge in [0.2, 0.25) is 5.78 Å². The summed E-state index contributed by atoms with van der Waals surface area (Å²) in [4.78, 5) is 35.6. The van der Waals surface area contributed by atoms with Crippen LogP contribution >= 0.6 is 0 Å². The third-order valence-corrected chi connectivity index (χ3v) is 5.46. The Morgan fingerprint density at radius 3 is 2.68 bits per heavy atom. The van der Waals surface area contributed by atoms with Crippen LogP contribution in [0.2, 0.25) is 0 Å². The second-order valence-corrected chi connectivity index (χ2v) is 7.49. The lowest BCUT2D eigenvalue weighted by Crippen LogP contribution is -2.44. The quantitative estimate of drug-likeness (QED) is 0.735. The number of piperidine rings is 1. The lowest BCUT2D eigenvalue weighted by atomic mass is 9.89. The van der Waals surface area contributed by atoms with Gasteiger partial charge in [0.25, 0.3) is 5.91 Å². The Hall–Kier alpha value is -2.63. The molecule has 0 radical (unpaired) electrons. The molecule has 6 heteroatoms. The molecule has 1 aliphatic rings. The van der Waals surface area contributed by atoms with Crippen LogP contribution in [0.5, 0.6) is 0 Å². The first-order valence-corrected chi connectivity index (χ1v) is 9.83. The van der Waals surface area contributed by atoms with Crippen molar-refractivity contribution in [2.24, 2.45) is 5.92 Å². The van der Waals surface area contributed by atoms with Crippen molar-refractivity contribution >= 4 is 11.7 Å². The number of aryl methyl sites for hydroxylation is 1.